The van der Waals surface area contributed by atoms with Crippen LogP contribution in [0.1, 0.15) is 181 Å². The molecule has 139 heavy (non-hydrogen) atoms. The Balaban J connectivity index is 0.000000190. The Morgan fingerprint density at radius 3 is 1.91 bits per heavy atom. The van der Waals surface area contributed by atoms with Crippen molar-refractivity contribution < 1.29 is 89.0 Å². The molecular formula is C106H135BrF5N11O14S2+2. The van der Waals surface area contributed by atoms with Crippen molar-refractivity contribution in [2.45, 2.75) is 175 Å². The molecule has 1 unspecified atom stereocenters. The number of aliphatic hydroxyl groups excluding tert-OH is 2. The number of carbonyl (C=O) groups is 4. The number of aromatic carboxylic acids is 1. The van der Waals surface area contributed by atoms with Crippen molar-refractivity contribution in [3.63, 3.8) is 0 Å². The van der Waals surface area contributed by atoms with Crippen molar-refractivity contribution in [3.05, 3.63) is 276 Å². The van der Waals surface area contributed by atoms with Gasteiger partial charge in [-0.1, -0.05) is 156 Å². The van der Waals surface area contributed by atoms with Gasteiger partial charge in [0.2, 0.25) is 5.43 Å². The lowest BCUT2D eigenvalue weighted by atomic mass is 10.1. The largest absolute Gasteiger partial charge is 0.505 e. The summed E-state index contributed by atoms with van der Waals surface area (Å²) in [7, 11) is 1.85. The SMILES string of the molecule is CCCCCCCCCCCCOCC[N+](CCO)(CCO)Cc1ccccc1.CC[S+]1CCN(c2c(F)cc3c(=O)c(C(=O)O)cn(C4CC4)c3c2OC)C1.CCc1c(C)[nH]c(CC(=O)O)c1C.CN(C)c1ccc(CN2CCN(C(=O)Nc3ccc(C(F)(F)F)cc3)CC2)cc1.Cc1ccc(S(=O)(=O)Nc2ccccc2C(=O)Nc2cccc(F)c2)cc1.Cc1ccc2c(C)cc(Br)c(O)c2n1. The Labute approximate surface area is 824 Å². The molecule has 5 heterocycles. The maximum absolute atomic E-state index is 15.1. The lowest BCUT2D eigenvalue weighted by Gasteiger charge is -2.38. The van der Waals surface area contributed by atoms with Crippen LogP contribution < -0.4 is 35.3 Å². The van der Waals surface area contributed by atoms with Gasteiger partial charge in [-0.15, -0.1) is 0 Å². The molecule has 3 fully saturated rings. The quantitative estimate of drug-likeness (QED) is 0.00756. The molecule has 33 heteroatoms. The van der Waals surface area contributed by atoms with E-state index in [1.165, 1.54) is 148 Å². The average Bonchev–Trinajstić information content (AvgIpc) is 1.71. The van der Waals surface area contributed by atoms with Crippen LogP contribution in [0.2, 0.25) is 0 Å². The first-order valence-corrected chi connectivity index (χ1v) is 51.3. The number of aryl methyl sites for hydroxylation is 4. The molecule has 2 saturated heterocycles. The Morgan fingerprint density at radius 2 is 1.33 bits per heavy atom. The van der Waals surface area contributed by atoms with Gasteiger partial charge in [0.25, 0.3) is 15.9 Å². The molecule has 14 rings (SSSR count). The number of aliphatic carboxylic acids is 1. The molecule has 3 aliphatic rings. The van der Waals surface area contributed by atoms with E-state index in [4.69, 9.17) is 14.6 Å². The number of nitrogens with zero attached hydrogens (tertiary/aromatic N) is 7. The summed E-state index contributed by atoms with van der Waals surface area (Å²) >= 11 is 3.30. The molecule has 0 bridgehead atoms. The Hall–Kier alpha value is -11.4. The third kappa shape index (κ3) is 33.4. The molecule has 11 aromatic rings. The van der Waals surface area contributed by atoms with Gasteiger partial charge in [-0.05, 0) is 202 Å². The number of hydrogen-bond acceptors (Lipinski definition) is 16. The first-order chi connectivity index (χ1) is 66.4. The summed E-state index contributed by atoms with van der Waals surface area (Å²) in [5.41, 5.74) is 11.5. The van der Waals surface area contributed by atoms with Crippen molar-refractivity contribution in [1.82, 2.24) is 24.3 Å². The molecule has 3 amide bonds. The first kappa shape index (κ1) is 111. The van der Waals surface area contributed by atoms with Gasteiger partial charge >= 0.3 is 24.1 Å². The number of anilines is 5. The number of aliphatic hydroxyl groups is 2. The van der Waals surface area contributed by atoms with E-state index in [2.05, 4.69) is 108 Å². The minimum atomic E-state index is -4.38. The predicted octanol–water partition coefficient (Wildman–Crippen LogP) is 21.0. The summed E-state index contributed by atoms with van der Waals surface area (Å²) in [6.45, 7) is 25.1. The van der Waals surface area contributed by atoms with E-state index in [0.29, 0.717) is 69.9 Å². The predicted molar refractivity (Wildman–Crippen MR) is 549 cm³/mol. The number of amides is 3. The van der Waals surface area contributed by atoms with E-state index >= 15 is 4.39 Å². The number of H-pyrrole nitrogens is 1. The van der Waals surface area contributed by atoms with Crippen LogP contribution >= 0.6 is 15.9 Å². The number of benzene rings is 8. The molecule has 8 aromatic carbocycles. The van der Waals surface area contributed by atoms with Crippen LogP contribution in [-0.2, 0) is 62.6 Å². The van der Waals surface area contributed by atoms with E-state index in [1.807, 2.05) is 90.0 Å². The summed E-state index contributed by atoms with van der Waals surface area (Å²) in [6.07, 6.45) is 13.2. The number of fused-ring (bicyclic) bond motifs is 2. The van der Waals surface area contributed by atoms with Crippen LogP contribution in [-0.4, -0.2) is 204 Å². The summed E-state index contributed by atoms with van der Waals surface area (Å²) in [5, 5.41) is 53.3. The Kier molecular flexibility index (Phi) is 43.5. The zero-order chi connectivity index (χ0) is 101. The number of alkyl halides is 3. The second-order valence-electron chi connectivity index (χ2n) is 35.2. The summed E-state index contributed by atoms with van der Waals surface area (Å²) in [4.78, 5) is 75.2. The fraction of sp³-hybridized carbons (Fsp3) is 0.415. The number of urea groups is 1. The van der Waals surface area contributed by atoms with Gasteiger partial charge in [-0.3, -0.25) is 24.0 Å². The van der Waals surface area contributed by atoms with Gasteiger partial charge in [-0.2, -0.15) is 13.2 Å². The third-order valence-corrected chi connectivity index (χ3v) is 28.8. The maximum Gasteiger partial charge on any atom is 0.416 e. The number of unbranched alkanes of at least 4 members (excludes halogenated alkanes) is 9. The Bertz CT molecular complexity index is 6000. The van der Waals surface area contributed by atoms with Crippen molar-refractivity contribution in [3.8, 4) is 11.5 Å². The summed E-state index contributed by atoms with van der Waals surface area (Å²) < 4.78 is 109. The number of pyridine rings is 2. The molecule has 2 aliphatic heterocycles. The zero-order valence-corrected chi connectivity index (χ0v) is 84.7. The van der Waals surface area contributed by atoms with E-state index in [9.17, 15) is 70.4 Å². The topological polar surface area (TPSA) is 322 Å². The highest BCUT2D eigenvalue weighted by Crippen LogP contribution is 2.45. The van der Waals surface area contributed by atoms with E-state index < -0.39 is 56.7 Å². The number of quaternary nitrogens is 1. The molecular weight excluding hydrogens is 1890 g/mol. The molecule has 1 saturated carbocycles. The van der Waals surface area contributed by atoms with Crippen LogP contribution in [0.5, 0.6) is 11.5 Å². The van der Waals surface area contributed by atoms with Gasteiger partial charge in [0.15, 0.2) is 23.2 Å². The first-order valence-electron chi connectivity index (χ1n) is 47.3. The molecule has 1 atom stereocenters. The number of nitrogens with one attached hydrogen (secondary N) is 4. The molecule has 9 N–H and O–H groups in total. The second-order valence-corrected chi connectivity index (χ2v) is 40.2. The number of ether oxygens (including phenoxy) is 2. The highest BCUT2D eigenvalue weighted by molar-refractivity contribution is 9.10. The van der Waals surface area contributed by atoms with Crippen molar-refractivity contribution >= 4 is 111 Å². The number of aromatic amines is 1. The second kappa shape index (κ2) is 54.4. The molecule has 0 radical (unpaired) electrons. The number of phenolic OH excluding ortho intramolecular Hbond substituents is 1. The minimum Gasteiger partial charge on any atom is -0.505 e. The van der Waals surface area contributed by atoms with Crippen molar-refractivity contribution in [2.24, 2.45) is 0 Å². The van der Waals surface area contributed by atoms with E-state index in [1.54, 1.807) is 39.8 Å². The standard InChI is InChI=1S/C25H46NO3.C21H25F3N4O.C20H17FN2O3S.C19H21FN2O4S.C11H10BrNO.C10H15NO2/c1-2-3-4-5-6-7-8-9-10-14-22-29-23-19-26(17-20-27,18-21-28)24-25-15-12-11-13-16-25;1-26(2)19-9-3-16(4-10-19)15-27-11-13-28(14-12-27)20(29)25-18-7-5-17(6-8-18)21(22,23)24;1-14-9-11-17(12-10-14)27(25,26)23-19-8-3-2-7-18(19)20(24)22-16-6-4-5-15(21)13-16;1-3-27-7-6-21(10-27)16-14(20)8-12-15(18(16)26-2)22(11-4-5-11)9-13(17(12)23)19(24)25;1-6-5-9(12)11(14)10-8(6)4-3-7(2)13-10;1-4-8-6(2)9(5-10(12)13)11-7(8)3/h11-13,15-16,27-28H,2-10,14,17-24H2,1H3;3-10H,11-15H2,1-2H3,(H,25,29);2-13,23H,1H3,(H,22,24);8-9,11H,3-7,10H2,1-2H3;3-5,14H,1-2H3;11H,4-5H2,1-3H3,(H,12,13)/q+1;;;;;/p+1. The number of phenols is 1. The maximum atomic E-state index is 15.1. The van der Waals surface area contributed by atoms with Crippen LogP contribution in [0, 0.1) is 46.3 Å². The lowest BCUT2D eigenvalue weighted by Crippen LogP contribution is -2.52. The highest BCUT2D eigenvalue weighted by Gasteiger charge is 2.37. The number of carboxylic acid groups (broad SMARTS) is 2. The molecule has 1 aliphatic carbocycles. The van der Waals surface area contributed by atoms with Gasteiger partial charge in [0, 0.05) is 122 Å². The number of halogens is 6. The van der Waals surface area contributed by atoms with Gasteiger partial charge in [0.1, 0.15) is 60.3 Å². The molecule has 25 nitrogen and oxygen atoms in total. The number of methoxy groups -OCH3 is 1. The minimum absolute atomic E-state index is 0.0635. The Morgan fingerprint density at radius 1 is 0.691 bits per heavy atom. The summed E-state index contributed by atoms with van der Waals surface area (Å²) in [6, 6.07) is 48.1. The van der Waals surface area contributed by atoms with Crippen LogP contribution in [0.15, 0.2) is 196 Å². The van der Waals surface area contributed by atoms with Crippen LogP contribution in [0.4, 0.5) is 55.2 Å². The van der Waals surface area contributed by atoms with Crippen molar-refractivity contribution in [1.29, 1.82) is 0 Å². The summed E-state index contributed by atoms with van der Waals surface area (Å²) in [5.74, 6) is -0.268. The highest BCUT2D eigenvalue weighted by atomic mass is 79.9. The van der Waals surface area contributed by atoms with E-state index in [-0.39, 0.29) is 81.1 Å². The van der Waals surface area contributed by atoms with Gasteiger partial charge < -0.3 is 74.4 Å². The number of piperazine rings is 1. The zero-order valence-electron chi connectivity index (χ0n) is 81.4. The van der Waals surface area contributed by atoms with Crippen molar-refractivity contribution in [2.75, 3.05) is 143 Å². The number of sulfonamides is 1. The number of rotatable bonds is 37. The number of para-hydroxylation sites is 1. The third-order valence-electron chi connectivity index (χ3n) is 24.6. The smallest absolute Gasteiger partial charge is 0.416 e. The molecule has 750 valence electrons. The fourth-order valence-corrected chi connectivity index (χ4v) is 20.0. The normalized spacial score (nSPS) is 13.7. The van der Waals surface area contributed by atoms with E-state index in [0.717, 1.165) is 146 Å². The van der Waals surface area contributed by atoms with Crippen LogP contribution in [0.3, 0.4) is 0 Å². The number of carbonyl (C=O) groups excluding carboxylic acids is 2. The average molecular weight is 2030 g/mol. The molecule has 0 spiro atoms. The number of aromatic nitrogens is 3. The van der Waals surface area contributed by atoms with Gasteiger partial charge in [-0.25, -0.2) is 31.8 Å². The molecule has 3 aromatic heterocycles. The monoisotopic (exact) mass is 2020 g/mol. The number of carboxylic acids is 2. The van der Waals surface area contributed by atoms with Crippen LogP contribution in [0.25, 0.3) is 21.8 Å². The fourth-order valence-electron chi connectivity index (χ4n) is 16.6. The van der Waals surface area contributed by atoms with Gasteiger partial charge in [0.05, 0.1) is 77.0 Å². The lowest BCUT2D eigenvalue weighted by molar-refractivity contribution is -0.941. The number of aromatic hydroxyl groups is 1. The number of hydrogen-bond donors (Lipinski definition) is 9.